The Bertz CT molecular complexity index is 1150. The van der Waals surface area contributed by atoms with Crippen LogP contribution in [0.5, 0.6) is 0 Å². The molecule has 0 unspecified atom stereocenters. The molecule has 0 saturated carbocycles. The van der Waals surface area contributed by atoms with Gasteiger partial charge in [-0.2, -0.15) is 4.31 Å². The van der Waals surface area contributed by atoms with Gasteiger partial charge < -0.3 is 0 Å². The maximum Gasteiger partial charge on any atom is 0.258 e. The van der Waals surface area contributed by atoms with Crippen LogP contribution in [-0.4, -0.2) is 36.7 Å². The lowest BCUT2D eigenvalue weighted by Gasteiger charge is -2.21. The van der Waals surface area contributed by atoms with Crippen molar-refractivity contribution in [3.8, 4) is 0 Å². The summed E-state index contributed by atoms with van der Waals surface area (Å²) in [5, 5.41) is 3.28. The first-order valence-electron chi connectivity index (χ1n) is 10.3. The molecule has 0 aliphatic carbocycles. The SMILES string of the molecule is CCCCN(CCCC)S(=O)(=O)c1ccc2nc(NC(=O)c3ccccc3I)sc2c1. The molecule has 1 heterocycles. The van der Waals surface area contributed by atoms with Gasteiger partial charge in [-0.3, -0.25) is 10.1 Å². The number of amides is 1. The summed E-state index contributed by atoms with van der Waals surface area (Å²) in [5.74, 6) is -0.234. The van der Waals surface area contributed by atoms with Crippen molar-refractivity contribution in [2.75, 3.05) is 18.4 Å². The Labute approximate surface area is 201 Å². The molecule has 31 heavy (non-hydrogen) atoms. The zero-order valence-corrected chi connectivity index (χ0v) is 21.4. The third kappa shape index (κ3) is 5.82. The van der Waals surface area contributed by atoms with Crippen molar-refractivity contribution in [2.24, 2.45) is 0 Å². The van der Waals surface area contributed by atoms with E-state index in [1.165, 1.54) is 11.3 Å². The first-order valence-corrected chi connectivity index (χ1v) is 13.7. The highest BCUT2D eigenvalue weighted by Gasteiger charge is 2.24. The number of carbonyl (C=O) groups excluding carboxylic acids is 1. The van der Waals surface area contributed by atoms with Gasteiger partial charge in [-0.15, -0.1) is 0 Å². The van der Waals surface area contributed by atoms with Crippen molar-refractivity contribution in [2.45, 2.75) is 44.4 Å². The lowest BCUT2D eigenvalue weighted by molar-refractivity contribution is 0.102. The van der Waals surface area contributed by atoms with E-state index in [-0.39, 0.29) is 10.8 Å². The molecule has 0 spiro atoms. The van der Waals surface area contributed by atoms with Crippen molar-refractivity contribution >= 4 is 65.2 Å². The molecule has 0 radical (unpaired) electrons. The number of sulfonamides is 1. The molecule has 2 aromatic carbocycles. The van der Waals surface area contributed by atoms with E-state index < -0.39 is 10.0 Å². The second-order valence-corrected chi connectivity index (χ2v) is 11.3. The molecular formula is C22H26IN3O3S2. The summed E-state index contributed by atoms with van der Waals surface area (Å²) in [6.45, 7) is 5.16. The van der Waals surface area contributed by atoms with Gasteiger partial charge in [-0.1, -0.05) is 50.2 Å². The maximum atomic E-state index is 13.2. The number of nitrogens with zero attached hydrogens (tertiary/aromatic N) is 2. The molecule has 166 valence electrons. The first kappa shape index (κ1) is 24.1. The van der Waals surface area contributed by atoms with Gasteiger partial charge >= 0.3 is 0 Å². The molecule has 0 aliphatic heterocycles. The second kappa shape index (κ2) is 10.8. The second-order valence-electron chi connectivity index (χ2n) is 7.19. The van der Waals surface area contributed by atoms with E-state index in [1.54, 1.807) is 28.6 Å². The number of halogens is 1. The Morgan fingerprint density at radius 1 is 1.10 bits per heavy atom. The topological polar surface area (TPSA) is 79.4 Å². The predicted octanol–water partition coefficient (Wildman–Crippen LogP) is 5.74. The van der Waals surface area contributed by atoms with Gasteiger partial charge in [-0.05, 0) is 65.8 Å². The number of hydrogen-bond acceptors (Lipinski definition) is 5. The third-order valence-electron chi connectivity index (χ3n) is 4.86. The monoisotopic (exact) mass is 571 g/mol. The van der Waals surface area contributed by atoms with E-state index in [4.69, 9.17) is 0 Å². The average molecular weight is 572 g/mol. The molecule has 3 aromatic rings. The summed E-state index contributed by atoms with van der Waals surface area (Å²) in [4.78, 5) is 17.3. The number of carbonyl (C=O) groups is 1. The first-order chi connectivity index (χ1) is 14.9. The van der Waals surface area contributed by atoms with Crippen molar-refractivity contribution < 1.29 is 13.2 Å². The van der Waals surface area contributed by atoms with Gasteiger partial charge in [0.25, 0.3) is 5.91 Å². The van der Waals surface area contributed by atoms with Gasteiger partial charge in [0.2, 0.25) is 10.0 Å². The van der Waals surface area contributed by atoms with E-state index in [9.17, 15) is 13.2 Å². The van der Waals surface area contributed by atoms with Crippen molar-refractivity contribution in [1.82, 2.24) is 9.29 Å². The molecule has 0 aliphatic rings. The van der Waals surface area contributed by atoms with E-state index >= 15 is 0 Å². The fraction of sp³-hybridized carbons (Fsp3) is 0.364. The largest absolute Gasteiger partial charge is 0.298 e. The molecule has 0 fully saturated rings. The van der Waals surface area contributed by atoms with Crippen LogP contribution in [0.25, 0.3) is 10.2 Å². The van der Waals surface area contributed by atoms with Gasteiger partial charge in [-0.25, -0.2) is 13.4 Å². The van der Waals surface area contributed by atoms with Gasteiger partial charge in [0, 0.05) is 16.7 Å². The van der Waals surface area contributed by atoms with Gasteiger partial charge in [0.15, 0.2) is 5.13 Å². The number of thiazole rings is 1. The highest BCUT2D eigenvalue weighted by molar-refractivity contribution is 14.1. The molecule has 0 atom stereocenters. The lowest BCUT2D eigenvalue weighted by Crippen LogP contribution is -2.33. The van der Waals surface area contributed by atoms with Crippen molar-refractivity contribution in [3.63, 3.8) is 0 Å². The summed E-state index contributed by atoms with van der Waals surface area (Å²) in [7, 11) is -3.58. The van der Waals surface area contributed by atoms with Crippen molar-refractivity contribution in [1.29, 1.82) is 0 Å². The van der Waals surface area contributed by atoms with Crippen LogP contribution in [0.15, 0.2) is 47.4 Å². The van der Waals surface area contributed by atoms with Crippen LogP contribution in [0, 0.1) is 3.57 Å². The van der Waals surface area contributed by atoms with E-state index in [2.05, 4.69) is 46.7 Å². The molecule has 1 aromatic heterocycles. The quantitative estimate of drug-likeness (QED) is 0.315. The Morgan fingerprint density at radius 2 is 1.77 bits per heavy atom. The number of nitrogens with one attached hydrogen (secondary N) is 1. The van der Waals surface area contributed by atoms with Crippen LogP contribution in [0.1, 0.15) is 49.9 Å². The van der Waals surface area contributed by atoms with E-state index in [0.29, 0.717) is 29.3 Å². The lowest BCUT2D eigenvalue weighted by atomic mass is 10.2. The predicted molar refractivity (Wildman–Crippen MR) is 135 cm³/mol. The number of aromatic nitrogens is 1. The van der Waals surface area contributed by atoms with E-state index in [0.717, 1.165) is 34.0 Å². The summed E-state index contributed by atoms with van der Waals surface area (Å²) in [6, 6.07) is 12.3. The summed E-state index contributed by atoms with van der Waals surface area (Å²) in [6.07, 6.45) is 3.55. The molecule has 1 amide bonds. The minimum absolute atomic E-state index is 0.234. The Kier molecular flexibility index (Phi) is 8.43. The smallest absolute Gasteiger partial charge is 0.258 e. The van der Waals surface area contributed by atoms with Crippen LogP contribution < -0.4 is 5.32 Å². The molecule has 9 heteroatoms. The van der Waals surface area contributed by atoms with Crippen molar-refractivity contribution in [3.05, 3.63) is 51.6 Å². The van der Waals surface area contributed by atoms with Crippen LogP contribution in [0.2, 0.25) is 0 Å². The number of fused-ring (bicyclic) bond motifs is 1. The molecule has 1 N–H and O–H groups in total. The molecule has 6 nitrogen and oxygen atoms in total. The summed E-state index contributed by atoms with van der Waals surface area (Å²) in [5.41, 5.74) is 1.24. The molecule has 0 saturated heterocycles. The molecular weight excluding hydrogens is 545 g/mol. The zero-order chi connectivity index (χ0) is 22.4. The van der Waals surface area contributed by atoms with Crippen LogP contribution in [0.4, 0.5) is 5.13 Å². The fourth-order valence-corrected chi connectivity index (χ4v) is 6.25. The highest BCUT2D eigenvalue weighted by Crippen LogP contribution is 2.30. The van der Waals surface area contributed by atoms with Gasteiger partial charge in [0.05, 0.1) is 20.7 Å². The Morgan fingerprint density at radius 3 is 2.42 bits per heavy atom. The van der Waals surface area contributed by atoms with Crippen LogP contribution >= 0.6 is 33.9 Å². The minimum atomic E-state index is -3.58. The Balaban J connectivity index is 1.85. The summed E-state index contributed by atoms with van der Waals surface area (Å²) >= 11 is 3.40. The average Bonchev–Trinajstić information content (AvgIpc) is 3.15. The Hall–Kier alpha value is -1.56. The van der Waals surface area contributed by atoms with Gasteiger partial charge in [0.1, 0.15) is 0 Å². The minimum Gasteiger partial charge on any atom is -0.298 e. The standard InChI is InChI=1S/C22H26IN3O3S2/c1-3-5-13-26(14-6-4-2)31(28,29)16-11-12-19-20(15-16)30-22(24-19)25-21(27)17-9-7-8-10-18(17)23/h7-12,15H,3-6,13-14H2,1-2H3,(H,24,25,27). The van der Waals surface area contributed by atoms with Crippen LogP contribution in [-0.2, 0) is 10.0 Å². The fourth-order valence-electron chi connectivity index (χ4n) is 3.10. The zero-order valence-electron chi connectivity index (χ0n) is 17.6. The number of anilines is 1. The summed E-state index contributed by atoms with van der Waals surface area (Å²) < 4.78 is 29.6. The normalized spacial score (nSPS) is 11.9. The molecule has 3 rings (SSSR count). The molecule has 0 bridgehead atoms. The maximum absolute atomic E-state index is 13.2. The van der Waals surface area contributed by atoms with E-state index in [1.807, 2.05) is 18.2 Å². The number of hydrogen-bond donors (Lipinski definition) is 1. The number of rotatable bonds is 10. The van der Waals surface area contributed by atoms with Crippen LogP contribution in [0.3, 0.4) is 0 Å². The number of benzene rings is 2. The number of unbranched alkanes of at least 4 members (excludes halogenated alkanes) is 2. The third-order valence-corrected chi connectivity index (χ3v) is 8.63. The highest BCUT2D eigenvalue weighted by atomic mass is 127.